The minimum Gasteiger partial charge on any atom is -0.437 e. The van der Waals surface area contributed by atoms with Gasteiger partial charge in [-0.2, -0.15) is 13.2 Å². The molecule has 1 aliphatic rings. The second-order valence-corrected chi connectivity index (χ2v) is 7.24. The molecule has 0 unspecified atom stereocenters. The maximum absolute atomic E-state index is 13.3. The van der Waals surface area contributed by atoms with Gasteiger partial charge in [0.05, 0.1) is 0 Å². The van der Waals surface area contributed by atoms with Crippen LogP contribution in [0, 0.1) is 12.7 Å². The fourth-order valence-corrected chi connectivity index (χ4v) is 3.23. The standard InChI is InChI=1S/C20H20F4N4O3/c1-11-8-13(21)5-6-16(11)31-19-15(9-17(26-27-19)20(22,23)24)18(30)25-14-4-3-7-28(10-14)12(2)29/h5-6,8-9,14H,3-4,7,10H2,1-2H3,(H,25,30)/t14-/m1/s1. The third-order valence-electron chi connectivity index (χ3n) is 4.84. The number of nitrogens with one attached hydrogen (secondary N) is 1. The highest BCUT2D eigenvalue weighted by Crippen LogP contribution is 2.32. The summed E-state index contributed by atoms with van der Waals surface area (Å²) in [5.74, 6) is -1.84. The number of likely N-dealkylation sites (tertiary alicyclic amines) is 1. The molecule has 0 spiro atoms. The largest absolute Gasteiger partial charge is 0.437 e. The number of alkyl halides is 3. The molecule has 1 saturated heterocycles. The predicted molar refractivity (Wildman–Crippen MR) is 101 cm³/mol. The van der Waals surface area contributed by atoms with E-state index in [2.05, 4.69) is 15.5 Å². The second kappa shape index (κ2) is 8.86. The number of carbonyl (C=O) groups is 2. The Morgan fingerprint density at radius 2 is 1.97 bits per heavy atom. The summed E-state index contributed by atoms with van der Waals surface area (Å²) in [7, 11) is 0. The molecule has 0 bridgehead atoms. The highest BCUT2D eigenvalue weighted by molar-refractivity contribution is 5.96. The van der Waals surface area contributed by atoms with Gasteiger partial charge in [0.15, 0.2) is 5.69 Å². The van der Waals surface area contributed by atoms with Crippen molar-refractivity contribution in [2.75, 3.05) is 13.1 Å². The van der Waals surface area contributed by atoms with Crippen LogP contribution < -0.4 is 10.1 Å². The van der Waals surface area contributed by atoms with Crippen LogP contribution in [0.15, 0.2) is 24.3 Å². The Morgan fingerprint density at radius 3 is 2.61 bits per heavy atom. The molecule has 2 aromatic rings. The van der Waals surface area contributed by atoms with E-state index < -0.39 is 41.1 Å². The molecule has 31 heavy (non-hydrogen) atoms. The maximum atomic E-state index is 13.3. The predicted octanol–water partition coefficient (Wildman–Crippen LogP) is 3.48. The average molecular weight is 440 g/mol. The number of aryl methyl sites for hydroxylation is 1. The topological polar surface area (TPSA) is 84.4 Å². The van der Waals surface area contributed by atoms with E-state index in [1.807, 2.05) is 0 Å². The number of rotatable bonds is 4. The van der Waals surface area contributed by atoms with Crippen LogP contribution >= 0.6 is 0 Å². The minimum absolute atomic E-state index is 0.116. The van der Waals surface area contributed by atoms with Crippen molar-refractivity contribution in [1.29, 1.82) is 0 Å². The van der Waals surface area contributed by atoms with E-state index in [1.54, 1.807) is 4.90 Å². The van der Waals surface area contributed by atoms with Crippen molar-refractivity contribution in [3.8, 4) is 11.6 Å². The Balaban J connectivity index is 1.90. The van der Waals surface area contributed by atoms with E-state index in [-0.39, 0.29) is 18.2 Å². The lowest BCUT2D eigenvalue weighted by atomic mass is 10.1. The van der Waals surface area contributed by atoms with E-state index in [0.717, 1.165) is 6.07 Å². The average Bonchev–Trinajstić information content (AvgIpc) is 2.69. The Bertz CT molecular complexity index is 997. The molecule has 1 aromatic carbocycles. The van der Waals surface area contributed by atoms with E-state index in [0.29, 0.717) is 31.0 Å². The highest BCUT2D eigenvalue weighted by atomic mass is 19.4. The quantitative estimate of drug-likeness (QED) is 0.736. The van der Waals surface area contributed by atoms with Crippen molar-refractivity contribution in [3.63, 3.8) is 0 Å². The molecule has 1 atom stereocenters. The number of piperidine rings is 1. The van der Waals surface area contributed by atoms with Gasteiger partial charge in [-0.25, -0.2) is 4.39 Å². The van der Waals surface area contributed by atoms with Gasteiger partial charge in [0.2, 0.25) is 5.91 Å². The number of hydrogen-bond donors (Lipinski definition) is 1. The Morgan fingerprint density at radius 1 is 1.23 bits per heavy atom. The van der Waals surface area contributed by atoms with Crippen LogP contribution in [0.2, 0.25) is 0 Å². The van der Waals surface area contributed by atoms with Gasteiger partial charge < -0.3 is 15.0 Å². The Kier molecular flexibility index (Phi) is 6.42. The van der Waals surface area contributed by atoms with E-state index in [9.17, 15) is 27.2 Å². The zero-order valence-corrected chi connectivity index (χ0v) is 16.8. The number of benzene rings is 1. The first kappa shape index (κ1) is 22.4. The monoisotopic (exact) mass is 440 g/mol. The van der Waals surface area contributed by atoms with Gasteiger partial charge in [-0.3, -0.25) is 9.59 Å². The molecule has 2 amide bonds. The van der Waals surface area contributed by atoms with Crippen molar-refractivity contribution in [2.45, 2.75) is 38.9 Å². The molecule has 166 valence electrons. The van der Waals surface area contributed by atoms with Crippen LogP contribution in [0.5, 0.6) is 11.6 Å². The molecular formula is C20H20F4N4O3. The molecule has 1 aromatic heterocycles. The van der Waals surface area contributed by atoms with Gasteiger partial charge in [0.25, 0.3) is 11.8 Å². The Hall–Kier alpha value is -3.24. The van der Waals surface area contributed by atoms with E-state index >= 15 is 0 Å². The summed E-state index contributed by atoms with van der Waals surface area (Å²) < 4.78 is 58.2. The lowest BCUT2D eigenvalue weighted by Crippen LogP contribution is -2.49. The summed E-state index contributed by atoms with van der Waals surface area (Å²) in [6.07, 6.45) is -3.61. The number of halogens is 4. The van der Waals surface area contributed by atoms with Crippen LogP contribution in [0.4, 0.5) is 17.6 Å². The summed E-state index contributed by atoms with van der Waals surface area (Å²) in [6, 6.07) is 3.68. The lowest BCUT2D eigenvalue weighted by Gasteiger charge is -2.32. The molecule has 1 fully saturated rings. The summed E-state index contributed by atoms with van der Waals surface area (Å²) in [5.41, 5.74) is -1.46. The lowest BCUT2D eigenvalue weighted by molar-refractivity contribution is -0.141. The molecule has 1 aliphatic heterocycles. The smallest absolute Gasteiger partial charge is 0.435 e. The zero-order chi connectivity index (χ0) is 22.8. The fourth-order valence-electron chi connectivity index (χ4n) is 3.23. The number of amides is 2. The second-order valence-electron chi connectivity index (χ2n) is 7.24. The molecular weight excluding hydrogens is 420 g/mol. The molecule has 7 nitrogen and oxygen atoms in total. The number of ether oxygens (including phenoxy) is 1. The molecule has 0 radical (unpaired) electrons. The van der Waals surface area contributed by atoms with Gasteiger partial charge in [0, 0.05) is 26.1 Å². The minimum atomic E-state index is -4.82. The molecule has 11 heteroatoms. The molecule has 3 rings (SSSR count). The van der Waals surface area contributed by atoms with Crippen LogP contribution in [-0.4, -0.2) is 46.0 Å². The first-order valence-electron chi connectivity index (χ1n) is 9.50. The van der Waals surface area contributed by atoms with Crippen molar-refractivity contribution >= 4 is 11.8 Å². The molecule has 0 saturated carbocycles. The van der Waals surface area contributed by atoms with Gasteiger partial charge >= 0.3 is 6.18 Å². The van der Waals surface area contributed by atoms with Crippen molar-refractivity contribution in [1.82, 2.24) is 20.4 Å². The van der Waals surface area contributed by atoms with Gasteiger partial charge in [-0.15, -0.1) is 10.2 Å². The summed E-state index contributed by atoms with van der Waals surface area (Å²) >= 11 is 0. The normalized spacial score (nSPS) is 16.7. The van der Waals surface area contributed by atoms with E-state index in [1.165, 1.54) is 26.0 Å². The van der Waals surface area contributed by atoms with Gasteiger partial charge in [0.1, 0.15) is 17.1 Å². The maximum Gasteiger partial charge on any atom is 0.435 e. The number of aromatic nitrogens is 2. The summed E-state index contributed by atoms with van der Waals surface area (Å²) in [4.78, 5) is 26.0. The third kappa shape index (κ3) is 5.47. The third-order valence-corrected chi connectivity index (χ3v) is 4.84. The van der Waals surface area contributed by atoms with Crippen LogP contribution in [0.1, 0.15) is 41.4 Å². The number of hydrogen-bond acceptors (Lipinski definition) is 5. The van der Waals surface area contributed by atoms with Crippen LogP contribution in [-0.2, 0) is 11.0 Å². The summed E-state index contributed by atoms with van der Waals surface area (Å²) in [6.45, 7) is 3.74. The zero-order valence-electron chi connectivity index (χ0n) is 16.8. The van der Waals surface area contributed by atoms with Gasteiger partial charge in [-0.1, -0.05) is 0 Å². The molecule has 2 heterocycles. The van der Waals surface area contributed by atoms with Crippen LogP contribution in [0.3, 0.4) is 0 Å². The van der Waals surface area contributed by atoms with Crippen molar-refractivity contribution in [2.24, 2.45) is 0 Å². The highest BCUT2D eigenvalue weighted by Gasteiger charge is 2.35. The number of nitrogens with zero attached hydrogens (tertiary/aromatic N) is 3. The molecule has 0 aliphatic carbocycles. The fraction of sp³-hybridized carbons (Fsp3) is 0.400. The van der Waals surface area contributed by atoms with Gasteiger partial charge in [-0.05, 0) is 49.6 Å². The van der Waals surface area contributed by atoms with Crippen molar-refractivity contribution in [3.05, 3.63) is 46.9 Å². The SMILES string of the molecule is CC(=O)N1CCC[C@@H](NC(=O)c2cc(C(F)(F)F)nnc2Oc2ccc(F)cc2C)C1. The number of carbonyl (C=O) groups excluding carboxylic acids is 2. The van der Waals surface area contributed by atoms with Crippen LogP contribution in [0.25, 0.3) is 0 Å². The summed E-state index contributed by atoms with van der Waals surface area (Å²) in [5, 5.41) is 9.20. The first-order chi connectivity index (χ1) is 14.5. The van der Waals surface area contributed by atoms with Crippen molar-refractivity contribution < 1.29 is 31.9 Å². The molecule has 1 N–H and O–H groups in total. The van der Waals surface area contributed by atoms with E-state index in [4.69, 9.17) is 4.74 Å². The first-order valence-corrected chi connectivity index (χ1v) is 9.50. The Labute approximate surface area is 175 Å².